The van der Waals surface area contributed by atoms with Crippen LogP contribution in [0.25, 0.3) is 0 Å². The van der Waals surface area contributed by atoms with Gasteiger partial charge in [0.05, 0.1) is 35.7 Å². The lowest BCUT2D eigenvalue weighted by molar-refractivity contribution is 0.0524. The number of hydrogen-bond acceptors (Lipinski definition) is 7. The zero-order chi connectivity index (χ0) is 27.6. The molecule has 0 atom stereocenters. The first-order valence-electron chi connectivity index (χ1n) is 9.05. The van der Waals surface area contributed by atoms with Crippen molar-refractivity contribution in [2.75, 3.05) is 6.61 Å². The molecule has 192 valence electrons. The van der Waals surface area contributed by atoms with Crippen LogP contribution in [0.15, 0.2) is 30.6 Å². The van der Waals surface area contributed by atoms with Crippen molar-refractivity contribution in [1.29, 1.82) is 0 Å². The molecule has 3 aromatic heterocycles. The summed E-state index contributed by atoms with van der Waals surface area (Å²) in [5, 5.41) is 15.8. The molecule has 0 aromatic carbocycles. The van der Waals surface area contributed by atoms with Crippen molar-refractivity contribution in [3.05, 3.63) is 85.3 Å². The molecule has 2 N–H and O–H groups in total. The molecule has 0 bridgehead atoms. The Bertz CT molecular complexity index is 1280. The third-order valence-electron chi connectivity index (χ3n) is 3.45. The second kappa shape index (κ2) is 14.4. The number of aromatic nitrogens is 3. The molecular weight excluding hydrogens is 577 g/mol. The molecule has 0 fully saturated rings. The Hall–Kier alpha value is -3.19. The van der Waals surface area contributed by atoms with Gasteiger partial charge in [-0.2, -0.15) is 0 Å². The predicted octanol–water partition coefficient (Wildman–Crippen LogP) is 5.85. The molecule has 0 aliphatic carbocycles. The zero-order valence-electron chi connectivity index (χ0n) is 17.6. The van der Waals surface area contributed by atoms with Crippen molar-refractivity contribution < 1.29 is 42.5 Å². The van der Waals surface area contributed by atoms with E-state index in [1.807, 2.05) is 0 Å². The first-order chi connectivity index (χ1) is 16.8. The van der Waals surface area contributed by atoms with Gasteiger partial charge in [0.15, 0.2) is 11.0 Å². The quantitative estimate of drug-likeness (QED) is 0.284. The fraction of sp³-hybridized carbons (Fsp3) is 0.100. The van der Waals surface area contributed by atoms with Gasteiger partial charge in [-0.1, -0.05) is 46.4 Å². The minimum atomic E-state index is -1.34. The Kier molecular flexibility index (Phi) is 12.3. The highest BCUT2D eigenvalue weighted by molar-refractivity contribution is 6.34. The van der Waals surface area contributed by atoms with Crippen molar-refractivity contribution in [3.63, 3.8) is 0 Å². The van der Waals surface area contributed by atoms with E-state index in [2.05, 4.69) is 19.7 Å². The second-order valence-electron chi connectivity index (χ2n) is 5.91. The number of rotatable bonds is 4. The van der Waals surface area contributed by atoms with E-state index in [0.29, 0.717) is 0 Å². The number of carboxylic acids is 2. The van der Waals surface area contributed by atoms with Gasteiger partial charge in [-0.05, 0) is 25.1 Å². The number of aromatic carboxylic acids is 2. The molecule has 0 unspecified atom stereocenters. The van der Waals surface area contributed by atoms with Crippen molar-refractivity contribution in [1.82, 2.24) is 15.0 Å². The summed E-state index contributed by atoms with van der Waals surface area (Å²) >= 11 is 21.5. The van der Waals surface area contributed by atoms with E-state index in [1.165, 1.54) is 0 Å². The average Bonchev–Trinajstić information content (AvgIpc) is 2.80. The first kappa shape index (κ1) is 30.8. The molecule has 0 amide bonds. The summed E-state index contributed by atoms with van der Waals surface area (Å²) in [6, 6.07) is 2.53. The number of ether oxygens (including phenoxy) is 1. The number of nitrogens with zero attached hydrogens (tertiary/aromatic N) is 3. The molecule has 0 spiro atoms. The van der Waals surface area contributed by atoms with Crippen LogP contribution in [0.5, 0.6) is 0 Å². The van der Waals surface area contributed by atoms with Crippen molar-refractivity contribution in [2.45, 2.75) is 6.92 Å². The molecule has 0 saturated carbocycles. The van der Waals surface area contributed by atoms with Crippen LogP contribution >= 0.6 is 46.4 Å². The summed E-state index contributed by atoms with van der Waals surface area (Å²) in [5.41, 5.74) is -0.784. The van der Waals surface area contributed by atoms with Gasteiger partial charge in [-0.3, -0.25) is 0 Å². The smallest absolute Gasteiger partial charge is 0.341 e. The lowest BCUT2D eigenvalue weighted by atomic mass is 10.3. The van der Waals surface area contributed by atoms with Crippen molar-refractivity contribution >= 4 is 64.3 Å². The maximum absolute atomic E-state index is 12.6. The van der Waals surface area contributed by atoms with Gasteiger partial charge < -0.3 is 14.9 Å². The van der Waals surface area contributed by atoms with Gasteiger partial charge in [0, 0.05) is 0 Å². The van der Waals surface area contributed by atoms with E-state index >= 15 is 0 Å². The van der Waals surface area contributed by atoms with Crippen LogP contribution in [-0.4, -0.2) is 49.7 Å². The van der Waals surface area contributed by atoms with Crippen molar-refractivity contribution in [2.24, 2.45) is 0 Å². The van der Waals surface area contributed by atoms with Crippen LogP contribution in [-0.2, 0) is 4.74 Å². The van der Waals surface area contributed by atoms with Crippen LogP contribution in [0, 0.1) is 17.5 Å². The second-order valence-corrected chi connectivity index (χ2v) is 7.35. The summed E-state index contributed by atoms with van der Waals surface area (Å²) in [7, 11) is 0. The van der Waals surface area contributed by atoms with Gasteiger partial charge in [-0.15, -0.1) is 0 Å². The highest BCUT2D eigenvalue weighted by Gasteiger charge is 2.14. The molecule has 3 rings (SSSR count). The number of carbonyl (C=O) groups is 3. The predicted molar refractivity (Wildman–Crippen MR) is 123 cm³/mol. The standard InChI is InChI=1S/C8H7ClFNO2.C6H2Cl2FNO2.C6H3ClFNO2/c1-2-13-8(12)6-3-5(10)4-11-7(6)9;7-4-2(6(11)12)1-3(9)5(8)10-4;7-5-4(6(10)11)1-3(8)2-9-5/h3-4H,2H2,1H3;1H,(H,11,12);1-2H,(H,10,11). The fourth-order valence-corrected chi connectivity index (χ4v) is 2.71. The summed E-state index contributed by atoms with van der Waals surface area (Å²) in [6.07, 6.45) is 1.79. The molecule has 9 nitrogen and oxygen atoms in total. The lowest BCUT2D eigenvalue weighted by Crippen LogP contribution is -2.06. The lowest BCUT2D eigenvalue weighted by Gasteiger charge is -2.02. The topological polar surface area (TPSA) is 140 Å². The maximum Gasteiger partial charge on any atom is 0.341 e. The molecule has 0 aliphatic heterocycles. The molecule has 0 saturated heterocycles. The number of esters is 1. The first-order valence-corrected chi connectivity index (χ1v) is 10.6. The van der Waals surface area contributed by atoms with E-state index in [0.717, 1.165) is 30.6 Å². The number of carboxylic acid groups (broad SMARTS) is 2. The molecular formula is C20H12Cl4F3N3O6. The fourth-order valence-electron chi connectivity index (χ4n) is 1.94. The largest absolute Gasteiger partial charge is 0.478 e. The maximum atomic E-state index is 12.6. The third-order valence-corrected chi connectivity index (χ3v) is 4.61. The van der Waals surface area contributed by atoms with Gasteiger partial charge >= 0.3 is 17.9 Å². The zero-order valence-corrected chi connectivity index (χ0v) is 20.6. The third kappa shape index (κ3) is 9.46. The van der Waals surface area contributed by atoms with Crippen LogP contribution in [0.1, 0.15) is 38.0 Å². The minimum Gasteiger partial charge on any atom is -0.478 e. The van der Waals surface area contributed by atoms with E-state index < -0.39 is 46.1 Å². The molecule has 36 heavy (non-hydrogen) atoms. The van der Waals surface area contributed by atoms with Crippen molar-refractivity contribution in [3.8, 4) is 0 Å². The Morgan fingerprint density at radius 3 is 1.67 bits per heavy atom. The van der Waals surface area contributed by atoms with E-state index in [-0.39, 0.29) is 33.2 Å². The monoisotopic (exact) mass is 587 g/mol. The number of pyridine rings is 3. The highest BCUT2D eigenvalue weighted by atomic mass is 35.5. The Balaban J connectivity index is 0.000000271. The number of carbonyl (C=O) groups excluding carboxylic acids is 1. The highest BCUT2D eigenvalue weighted by Crippen LogP contribution is 2.20. The van der Waals surface area contributed by atoms with E-state index in [1.54, 1.807) is 6.92 Å². The van der Waals surface area contributed by atoms with Gasteiger partial charge in [0.25, 0.3) is 0 Å². The average molecular weight is 589 g/mol. The number of hydrogen-bond donors (Lipinski definition) is 2. The Morgan fingerprint density at radius 1 is 0.778 bits per heavy atom. The van der Waals surface area contributed by atoms with Crippen LogP contribution in [0.4, 0.5) is 13.2 Å². The SMILES string of the molecule is CCOC(=O)c1cc(F)cnc1Cl.O=C(O)c1cc(F)c(Cl)nc1Cl.O=C(O)c1cc(F)cnc1Cl. The Morgan fingerprint density at radius 2 is 1.22 bits per heavy atom. The summed E-state index contributed by atoms with van der Waals surface area (Å²) in [5.74, 6) is -5.54. The molecule has 16 heteroatoms. The van der Waals surface area contributed by atoms with Crippen LogP contribution in [0.3, 0.4) is 0 Å². The van der Waals surface area contributed by atoms with E-state index in [9.17, 15) is 27.6 Å². The van der Waals surface area contributed by atoms with E-state index in [4.69, 9.17) is 56.6 Å². The summed E-state index contributed by atoms with van der Waals surface area (Å²) in [4.78, 5) is 41.8. The minimum absolute atomic E-state index is 0.0523. The van der Waals surface area contributed by atoms with Crippen LogP contribution in [0.2, 0.25) is 20.6 Å². The summed E-state index contributed by atoms with van der Waals surface area (Å²) < 4.78 is 42.2. The van der Waals surface area contributed by atoms with Gasteiger partial charge in [0.1, 0.15) is 27.1 Å². The molecule has 3 aromatic rings. The van der Waals surface area contributed by atoms with Gasteiger partial charge in [-0.25, -0.2) is 42.5 Å². The number of halogens is 7. The summed E-state index contributed by atoms with van der Waals surface area (Å²) in [6.45, 7) is 1.87. The molecule has 0 radical (unpaired) electrons. The molecule has 0 aliphatic rings. The Labute approximate surface area is 220 Å². The normalized spacial score (nSPS) is 9.78. The van der Waals surface area contributed by atoms with Gasteiger partial charge in [0.2, 0.25) is 0 Å². The molecule has 3 heterocycles. The van der Waals surface area contributed by atoms with Crippen LogP contribution < -0.4 is 0 Å².